The Bertz CT molecular complexity index is 732. The molecule has 0 spiro atoms. The molecule has 23 heavy (non-hydrogen) atoms. The number of rotatable bonds is 5. The topological polar surface area (TPSA) is 75.7 Å². The molecule has 3 atom stereocenters. The zero-order chi connectivity index (χ0) is 16.8. The van der Waals surface area contributed by atoms with Crippen molar-refractivity contribution in [3.05, 3.63) is 23.8 Å². The van der Waals surface area contributed by atoms with Crippen LogP contribution < -0.4 is 9.46 Å². The summed E-state index contributed by atoms with van der Waals surface area (Å²) in [5.41, 5.74) is 0.835. The SMILES string of the molecule is COc1ccc(C)cc1S(=O)(=O)N[C@@H]1CC(=O)N([C@@H]2C[C@H]2C)C1. The van der Waals surface area contributed by atoms with Gasteiger partial charge in [0.25, 0.3) is 0 Å². The largest absolute Gasteiger partial charge is 0.495 e. The van der Waals surface area contributed by atoms with Crippen LogP contribution in [-0.2, 0) is 14.8 Å². The van der Waals surface area contributed by atoms with E-state index in [-0.39, 0.29) is 29.3 Å². The quantitative estimate of drug-likeness (QED) is 0.878. The number of ether oxygens (including phenoxy) is 1. The number of carbonyl (C=O) groups is 1. The van der Waals surface area contributed by atoms with Crippen molar-refractivity contribution in [1.82, 2.24) is 9.62 Å². The maximum Gasteiger partial charge on any atom is 0.244 e. The number of amides is 1. The first-order valence-corrected chi connectivity index (χ1v) is 9.26. The Balaban J connectivity index is 1.77. The van der Waals surface area contributed by atoms with Gasteiger partial charge < -0.3 is 9.64 Å². The molecule has 0 bridgehead atoms. The molecule has 2 fully saturated rings. The summed E-state index contributed by atoms with van der Waals surface area (Å²) in [6.07, 6.45) is 1.23. The van der Waals surface area contributed by atoms with Gasteiger partial charge in [-0.15, -0.1) is 0 Å². The molecule has 1 amide bonds. The molecule has 0 aromatic heterocycles. The van der Waals surface area contributed by atoms with E-state index in [0.29, 0.717) is 18.2 Å². The molecule has 1 saturated heterocycles. The summed E-state index contributed by atoms with van der Waals surface area (Å²) in [4.78, 5) is 14.0. The summed E-state index contributed by atoms with van der Waals surface area (Å²) in [6, 6.07) is 4.92. The second-order valence-corrected chi connectivity index (χ2v) is 8.19. The molecule has 0 unspecified atom stereocenters. The third-order valence-corrected chi connectivity index (χ3v) is 6.10. The van der Waals surface area contributed by atoms with Gasteiger partial charge in [0.05, 0.1) is 7.11 Å². The van der Waals surface area contributed by atoms with Crippen molar-refractivity contribution in [2.24, 2.45) is 5.92 Å². The van der Waals surface area contributed by atoms with E-state index in [9.17, 15) is 13.2 Å². The van der Waals surface area contributed by atoms with Gasteiger partial charge in [0, 0.05) is 25.0 Å². The standard InChI is InChI=1S/C16H22N2O4S/c1-10-4-5-14(22-3)15(6-10)23(20,21)17-12-8-16(19)18(9-12)13-7-11(13)2/h4-6,11-13,17H,7-9H2,1-3H3/t11-,12-,13-/m1/s1. The number of benzene rings is 1. The molecule has 7 heteroatoms. The predicted octanol–water partition coefficient (Wildman–Crippen LogP) is 1.29. The van der Waals surface area contributed by atoms with Crippen molar-refractivity contribution in [3.63, 3.8) is 0 Å². The lowest BCUT2D eigenvalue weighted by atomic mass is 10.2. The average molecular weight is 338 g/mol. The van der Waals surface area contributed by atoms with Gasteiger partial charge in [-0.1, -0.05) is 13.0 Å². The van der Waals surface area contributed by atoms with Crippen LogP contribution >= 0.6 is 0 Å². The molecule has 126 valence electrons. The van der Waals surface area contributed by atoms with Crippen molar-refractivity contribution in [1.29, 1.82) is 0 Å². The van der Waals surface area contributed by atoms with Gasteiger partial charge in [-0.3, -0.25) is 4.79 Å². The Morgan fingerprint density at radius 3 is 2.65 bits per heavy atom. The first kappa shape index (κ1) is 16.3. The zero-order valence-electron chi connectivity index (χ0n) is 13.6. The second-order valence-electron chi connectivity index (χ2n) is 6.50. The van der Waals surface area contributed by atoms with Crippen LogP contribution in [0, 0.1) is 12.8 Å². The van der Waals surface area contributed by atoms with E-state index in [0.717, 1.165) is 12.0 Å². The molecular weight excluding hydrogens is 316 g/mol. The summed E-state index contributed by atoms with van der Waals surface area (Å²) in [6.45, 7) is 4.38. The van der Waals surface area contributed by atoms with Crippen molar-refractivity contribution >= 4 is 15.9 Å². The Morgan fingerprint density at radius 1 is 1.35 bits per heavy atom. The predicted molar refractivity (Wildman–Crippen MR) is 85.7 cm³/mol. The van der Waals surface area contributed by atoms with Gasteiger partial charge in [-0.2, -0.15) is 0 Å². The van der Waals surface area contributed by atoms with Crippen LogP contribution in [0.2, 0.25) is 0 Å². The van der Waals surface area contributed by atoms with E-state index in [1.807, 2.05) is 11.8 Å². The minimum Gasteiger partial charge on any atom is -0.495 e. The Labute approximate surface area is 136 Å². The minimum atomic E-state index is -3.73. The fourth-order valence-corrected chi connectivity index (χ4v) is 4.63. The highest BCUT2D eigenvalue weighted by Gasteiger charge is 2.45. The first-order chi connectivity index (χ1) is 10.8. The van der Waals surface area contributed by atoms with Crippen LogP contribution in [0.15, 0.2) is 23.1 Å². The lowest BCUT2D eigenvalue weighted by molar-refractivity contribution is -0.128. The van der Waals surface area contributed by atoms with Crippen molar-refractivity contribution < 1.29 is 17.9 Å². The maximum absolute atomic E-state index is 12.7. The molecule has 0 radical (unpaired) electrons. The van der Waals surface area contributed by atoms with Gasteiger partial charge in [-0.25, -0.2) is 13.1 Å². The normalized spacial score (nSPS) is 27.3. The fraction of sp³-hybridized carbons (Fsp3) is 0.562. The lowest BCUT2D eigenvalue weighted by Crippen LogP contribution is -2.38. The highest BCUT2D eigenvalue weighted by atomic mass is 32.2. The van der Waals surface area contributed by atoms with Crippen molar-refractivity contribution in [2.75, 3.05) is 13.7 Å². The lowest BCUT2D eigenvalue weighted by Gasteiger charge is -2.17. The van der Waals surface area contributed by atoms with Gasteiger partial charge >= 0.3 is 0 Å². The van der Waals surface area contributed by atoms with Crippen LogP contribution in [0.25, 0.3) is 0 Å². The molecule has 6 nitrogen and oxygen atoms in total. The molecule has 1 heterocycles. The van der Waals surface area contributed by atoms with Gasteiger partial charge in [-0.05, 0) is 37.0 Å². The molecule has 3 rings (SSSR count). The van der Waals surface area contributed by atoms with Gasteiger partial charge in [0.2, 0.25) is 15.9 Å². The summed E-state index contributed by atoms with van der Waals surface area (Å²) in [5.74, 6) is 0.856. The zero-order valence-corrected chi connectivity index (χ0v) is 14.4. The minimum absolute atomic E-state index is 0.0308. The third-order valence-electron chi connectivity index (χ3n) is 4.56. The maximum atomic E-state index is 12.7. The van der Waals surface area contributed by atoms with Crippen LogP contribution in [0.1, 0.15) is 25.3 Å². The summed E-state index contributed by atoms with van der Waals surface area (Å²) in [7, 11) is -2.29. The van der Waals surface area contributed by atoms with Crippen LogP contribution in [0.5, 0.6) is 5.75 Å². The van der Waals surface area contributed by atoms with E-state index in [1.54, 1.807) is 18.2 Å². The van der Waals surface area contributed by atoms with Crippen LogP contribution in [0.3, 0.4) is 0 Å². The molecule has 1 saturated carbocycles. The van der Waals surface area contributed by atoms with Crippen molar-refractivity contribution in [2.45, 2.75) is 43.7 Å². The van der Waals surface area contributed by atoms with Gasteiger partial charge in [0.1, 0.15) is 10.6 Å². The van der Waals surface area contributed by atoms with E-state index < -0.39 is 10.0 Å². The highest BCUT2D eigenvalue weighted by Crippen LogP contribution is 2.37. The number of methoxy groups -OCH3 is 1. The third kappa shape index (κ3) is 3.21. The van der Waals surface area contributed by atoms with Crippen LogP contribution in [-0.4, -0.2) is 45.0 Å². The number of aryl methyl sites for hydroxylation is 1. The molecule has 1 aliphatic carbocycles. The van der Waals surface area contributed by atoms with E-state index in [1.165, 1.54) is 7.11 Å². The molecular formula is C16H22N2O4S. The molecule has 1 N–H and O–H groups in total. The highest BCUT2D eigenvalue weighted by molar-refractivity contribution is 7.89. The number of hydrogen-bond acceptors (Lipinski definition) is 4. The average Bonchev–Trinajstić information content (AvgIpc) is 3.09. The number of carbonyl (C=O) groups excluding carboxylic acids is 1. The first-order valence-electron chi connectivity index (χ1n) is 7.78. The smallest absolute Gasteiger partial charge is 0.244 e. The van der Waals surface area contributed by atoms with E-state index in [2.05, 4.69) is 11.6 Å². The fourth-order valence-electron chi connectivity index (χ4n) is 3.14. The Hall–Kier alpha value is -1.60. The number of likely N-dealkylation sites (tertiary alicyclic amines) is 1. The molecule has 1 aliphatic heterocycles. The summed E-state index contributed by atoms with van der Waals surface area (Å²) >= 11 is 0. The van der Waals surface area contributed by atoms with E-state index in [4.69, 9.17) is 4.74 Å². The number of hydrogen-bond donors (Lipinski definition) is 1. The monoisotopic (exact) mass is 338 g/mol. The number of nitrogens with zero attached hydrogens (tertiary/aromatic N) is 1. The number of nitrogens with one attached hydrogen (secondary N) is 1. The molecule has 1 aromatic rings. The second kappa shape index (κ2) is 5.79. The number of sulfonamides is 1. The van der Waals surface area contributed by atoms with Gasteiger partial charge in [0.15, 0.2) is 0 Å². The summed E-state index contributed by atoms with van der Waals surface area (Å²) in [5, 5.41) is 0. The van der Waals surface area contributed by atoms with Crippen molar-refractivity contribution in [3.8, 4) is 5.75 Å². The summed E-state index contributed by atoms with van der Waals surface area (Å²) < 4.78 is 33.1. The van der Waals surface area contributed by atoms with Crippen LogP contribution in [0.4, 0.5) is 0 Å². The molecule has 1 aromatic carbocycles. The Kier molecular flexibility index (Phi) is 4.10. The van der Waals surface area contributed by atoms with E-state index >= 15 is 0 Å². The molecule has 2 aliphatic rings. The Morgan fingerprint density at radius 2 is 2.04 bits per heavy atom.